The zero-order valence-corrected chi connectivity index (χ0v) is 16.2. The molecular formula is C21H24FN5O. The van der Waals surface area contributed by atoms with Crippen LogP contribution in [0.2, 0.25) is 0 Å². The summed E-state index contributed by atoms with van der Waals surface area (Å²) in [5, 5.41) is 2.89. The zero-order chi connectivity index (χ0) is 19.9. The molecule has 3 rings (SSSR count). The van der Waals surface area contributed by atoms with Gasteiger partial charge in [0.15, 0.2) is 0 Å². The number of nitrogens with zero attached hydrogens (tertiary/aromatic N) is 4. The van der Waals surface area contributed by atoms with E-state index in [2.05, 4.69) is 32.1 Å². The molecule has 0 spiro atoms. The molecule has 146 valence electrons. The van der Waals surface area contributed by atoms with Crippen molar-refractivity contribution in [3.63, 3.8) is 0 Å². The summed E-state index contributed by atoms with van der Waals surface area (Å²) < 4.78 is 13.2. The van der Waals surface area contributed by atoms with E-state index in [1.54, 1.807) is 0 Å². The van der Waals surface area contributed by atoms with Gasteiger partial charge in [-0.3, -0.25) is 9.78 Å². The number of pyridine rings is 1. The highest BCUT2D eigenvalue weighted by atomic mass is 19.1. The van der Waals surface area contributed by atoms with Gasteiger partial charge >= 0.3 is 0 Å². The molecule has 0 bridgehead atoms. The third-order valence-electron chi connectivity index (χ3n) is 4.60. The van der Waals surface area contributed by atoms with Gasteiger partial charge in [0.1, 0.15) is 5.69 Å². The second-order valence-electron chi connectivity index (χ2n) is 6.67. The SMILES string of the molecule is CCN(CCNC(=O)c1cnc2cc(C)ccc2n1)CCc1ccnc(F)c1. The monoisotopic (exact) mass is 381 g/mol. The molecule has 0 radical (unpaired) electrons. The van der Waals surface area contributed by atoms with Crippen molar-refractivity contribution in [2.75, 3.05) is 26.2 Å². The number of fused-ring (bicyclic) bond motifs is 1. The fourth-order valence-electron chi connectivity index (χ4n) is 2.96. The number of amides is 1. The van der Waals surface area contributed by atoms with Crippen molar-refractivity contribution in [3.8, 4) is 0 Å². The Labute approximate surface area is 163 Å². The first kappa shape index (κ1) is 19.8. The lowest BCUT2D eigenvalue weighted by atomic mass is 10.2. The summed E-state index contributed by atoms with van der Waals surface area (Å²) in [4.78, 5) is 26.8. The Hall–Kier alpha value is -2.93. The topological polar surface area (TPSA) is 71.0 Å². The van der Waals surface area contributed by atoms with Gasteiger partial charge in [0.2, 0.25) is 5.95 Å². The highest BCUT2D eigenvalue weighted by Gasteiger charge is 2.10. The van der Waals surface area contributed by atoms with Crippen LogP contribution in [0.3, 0.4) is 0 Å². The maximum absolute atomic E-state index is 13.2. The number of hydrogen-bond donors (Lipinski definition) is 1. The Morgan fingerprint density at radius 2 is 2.00 bits per heavy atom. The van der Waals surface area contributed by atoms with Crippen LogP contribution in [0.15, 0.2) is 42.7 Å². The number of carbonyl (C=O) groups excluding carboxylic acids is 1. The second kappa shape index (κ2) is 9.32. The van der Waals surface area contributed by atoms with Crippen LogP contribution in [-0.2, 0) is 6.42 Å². The lowest BCUT2D eigenvalue weighted by Gasteiger charge is -2.20. The highest BCUT2D eigenvalue weighted by Crippen LogP contribution is 2.11. The van der Waals surface area contributed by atoms with Crippen molar-refractivity contribution in [3.05, 3.63) is 65.5 Å². The van der Waals surface area contributed by atoms with Crippen molar-refractivity contribution in [2.45, 2.75) is 20.3 Å². The normalized spacial score (nSPS) is 11.1. The lowest BCUT2D eigenvalue weighted by Crippen LogP contribution is -2.36. The summed E-state index contributed by atoms with van der Waals surface area (Å²) >= 11 is 0. The first-order chi connectivity index (χ1) is 13.5. The van der Waals surface area contributed by atoms with E-state index in [1.807, 2.05) is 31.2 Å². The fourth-order valence-corrected chi connectivity index (χ4v) is 2.96. The van der Waals surface area contributed by atoms with Crippen LogP contribution in [-0.4, -0.2) is 51.9 Å². The molecular weight excluding hydrogens is 357 g/mol. The molecule has 0 aliphatic heterocycles. The Balaban J connectivity index is 1.50. The van der Waals surface area contributed by atoms with E-state index in [9.17, 15) is 9.18 Å². The van der Waals surface area contributed by atoms with E-state index in [4.69, 9.17) is 0 Å². The first-order valence-electron chi connectivity index (χ1n) is 9.39. The molecule has 0 unspecified atom stereocenters. The van der Waals surface area contributed by atoms with Crippen LogP contribution >= 0.6 is 0 Å². The smallest absolute Gasteiger partial charge is 0.271 e. The minimum atomic E-state index is -0.459. The van der Waals surface area contributed by atoms with Gasteiger partial charge < -0.3 is 10.2 Å². The summed E-state index contributed by atoms with van der Waals surface area (Å²) in [6, 6.07) is 9.04. The average molecular weight is 381 g/mol. The van der Waals surface area contributed by atoms with Gasteiger partial charge in [-0.05, 0) is 55.3 Å². The number of aryl methyl sites for hydroxylation is 1. The lowest BCUT2D eigenvalue weighted by molar-refractivity contribution is 0.0943. The Morgan fingerprint density at radius 1 is 1.14 bits per heavy atom. The van der Waals surface area contributed by atoms with E-state index in [-0.39, 0.29) is 5.91 Å². The second-order valence-corrected chi connectivity index (χ2v) is 6.67. The number of halogens is 1. The van der Waals surface area contributed by atoms with Crippen molar-refractivity contribution in [1.82, 2.24) is 25.2 Å². The van der Waals surface area contributed by atoms with Crippen molar-refractivity contribution >= 4 is 16.9 Å². The number of rotatable bonds is 8. The molecule has 1 amide bonds. The average Bonchev–Trinajstić information content (AvgIpc) is 2.70. The van der Waals surface area contributed by atoms with Crippen LogP contribution in [0.5, 0.6) is 0 Å². The van der Waals surface area contributed by atoms with Gasteiger partial charge in [0.05, 0.1) is 17.2 Å². The van der Waals surface area contributed by atoms with Crippen molar-refractivity contribution in [2.24, 2.45) is 0 Å². The van der Waals surface area contributed by atoms with Crippen LogP contribution in [0.4, 0.5) is 4.39 Å². The minimum Gasteiger partial charge on any atom is -0.349 e. The molecule has 3 aromatic rings. The first-order valence-corrected chi connectivity index (χ1v) is 9.39. The van der Waals surface area contributed by atoms with Crippen LogP contribution in [0.25, 0.3) is 11.0 Å². The Bertz CT molecular complexity index is 962. The zero-order valence-electron chi connectivity index (χ0n) is 16.2. The van der Waals surface area contributed by atoms with Gasteiger partial charge in [0, 0.05) is 25.8 Å². The molecule has 28 heavy (non-hydrogen) atoms. The fraction of sp³-hybridized carbons (Fsp3) is 0.333. The molecule has 0 aliphatic carbocycles. The largest absolute Gasteiger partial charge is 0.349 e. The molecule has 0 saturated heterocycles. The molecule has 0 aliphatic rings. The molecule has 6 nitrogen and oxygen atoms in total. The van der Waals surface area contributed by atoms with Gasteiger partial charge in [-0.2, -0.15) is 4.39 Å². The predicted molar refractivity (Wildman–Crippen MR) is 107 cm³/mol. The van der Waals surface area contributed by atoms with Crippen molar-refractivity contribution in [1.29, 1.82) is 0 Å². The molecule has 7 heteroatoms. The van der Waals surface area contributed by atoms with Crippen LogP contribution in [0, 0.1) is 12.9 Å². The van der Waals surface area contributed by atoms with E-state index in [0.717, 1.165) is 36.2 Å². The number of carbonyl (C=O) groups is 1. The van der Waals surface area contributed by atoms with Crippen molar-refractivity contribution < 1.29 is 9.18 Å². The van der Waals surface area contributed by atoms with Gasteiger partial charge in [-0.25, -0.2) is 9.97 Å². The minimum absolute atomic E-state index is 0.234. The summed E-state index contributed by atoms with van der Waals surface area (Å²) in [7, 11) is 0. The quantitative estimate of drug-likeness (QED) is 0.608. The third-order valence-corrected chi connectivity index (χ3v) is 4.60. The standard InChI is InChI=1S/C21H24FN5O/c1-3-27(10-7-16-6-8-23-20(22)13-16)11-9-24-21(28)19-14-25-18-12-15(2)4-5-17(18)26-19/h4-6,8,12-14H,3,7,9-11H2,1-2H3,(H,24,28). The number of aromatic nitrogens is 3. The number of hydrogen-bond acceptors (Lipinski definition) is 5. The summed E-state index contributed by atoms with van der Waals surface area (Å²) in [5.74, 6) is -0.693. The maximum atomic E-state index is 13.2. The molecule has 0 atom stereocenters. The summed E-state index contributed by atoms with van der Waals surface area (Å²) in [5.41, 5.74) is 3.82. The number of benzene rings is 1. The predicted octanol–water partition coefficient (Wildman–Crippen LogP) is 2.77. The number of nitrogens with one attached hydrogen (secondary N) is 1. The van der Waals surface area contributed by atoms with E-state index >= 15 is 0 Å². The van der Waals surface area contributed by atoms with Crippen LogP contribution < -0.4 is 5.32 Å². The van der Waals surface area contributed by atoms with Gasteiger partial charge in [-0.1, -0.05) is 13.0 Å². The van der Waals surface area contributed by atoms with E-state index < -0.39 is 5.95 Å². The van der Waals surface area contributed by atoms with E-state index in [1.165, 1.54) is 18.5 Å². The Morgan fingerprint density at radius 3 is 2.79 bits per heavy atom. The molecule has 1 aromatic carbocycles. The maximum Gasteiger partial charge on any atom is 0.271 e. The molecule has 2 aromatic heterocycles. The van der Waals surface area contributed by atoms with Crippen LogP contribution in [0.1, 0.15) is 28.5 Å². The number of likely N-dealkylation sites (N-methyl/N-ethyl adjacent to an activating group) is 1. The summed E-state index contributed by atoms with van der Waals surface area (Å²) in [6.07, 6.45) is 3.72. The Kier molecular flexibility index (Phi) is 6.60. The van der Waals surface area contributed by atoms with Gasteiger partial charge in [-0.15, -0.1) is 0 Å². The summed E-state index contributed by atoms with van der Waals surface area (Å²) in [6.45, 7) is 6.89. The third kappa shape index (κ3) is 5.29. The molecule has 2 heterocycles. The highest BCUT2D eigenvalue weighted by molar-refractivity contribution is 5.93. The molecule has 0 fully saturated rings. The van der Waals surface area contributed by atoms with E-state index in [0.29, 0.717) is 24.3 Å². The molecule has 1 N–H and O–H groups in total. The van der Waals surface area contributed by atoms with Gasteiger partial charge in [0.25, 0.3) is 5.91 Å². The molecule has 0 saturated carbocycles.